The SMILES string of the molecule is O=C(CCS(=O)(=O)c1ccc(F)cc1)NCc1ccccc1C[NH+]1CCOCC1. The second-order valence-corrected chi connectivity index (χ2v) is 9.22. The fourth-order valence-electron chi connectivity index (χ4n) is 3.28. The Hall–Kier alpha value is -2.29. The molecule has 0 aliphatic carbocycles. The van der Waals surface area contributed by atoms with E-state index in [1.54, 1.807) is 0 Å². The van der Waals surface area contributed by atoms with Crippen LogP contribution < -0.4 is 10.2 Å². The summed E-state index contributed by atoms with van der Waals surface area (Å²) in [5, 5.41) is 2.81. The Bertz CT molecular complexity index is 926. The Labute approximate surface area is 170 Å². The zero-order valence-electron chi connectivity index (χ0n) is 16.2. The summed E-state index contributed by atoms with van der Waals surface area (Å²) in [5.41, 5.74) is 2.20. The van der Waals surface area contributed by atoms with Crippen molar-refractivity contribution in [3.05, 3.63) is 65.5 Å². The van der Waals surface area contributed by atoms with E-state index < -0.39 is 15.7 Å². The number of nitrogens with one attached hydrogen (secondary N) is 2. The van der Waals surface area contributed by atoms with Gasteiger partial charge in [-0.1, -0.05) is 24.3 Å². The van der Waals surface area contributed by atoms with Crippen molar-refractivity contribution in [2.24, 2.45) is 0 Å². The number of carbonyl (C=O) groups is 1. The molecule has 0 radical (unpaired) electrons. The molecular weight excluding hydrogens is 395 g/mol. The molecule has 29 heavy (non-hydrogen) atoms. The van der Waals surface area contributed by atoms with Crippen molar-refractivity contribution >= 4 is 15.7 Å². The van der Waals surface area contributed by atoms with Crippen molar-refractivity contribution in [3.63, 3.8) is 0 Å². The van der Waals surface area contributed by atoms with Gasteiger partial charge in [-0.05, 0) is 29.8 Å². The Morgan fingerprint density at radius 1 is 1.03 bits per heavy atom. The van der Waals surface area contributed by atoms with Crippen molar-refractivity contribution in [1.29, 1.82) is 0 Å². The molecule has 8 heteroatoms. The van der Waals surface area contributed by atoms with Crippen molar-refractivity contribution in [2.45, 2.75) is 24.4 Å². The first-order valence-electron chi connectivity index (χ1n) is 9.67. The van der Waals surface area contributed by atoms with E-state index in [4.69, 9.17) is 4.74 Å². The van der Waals surface area contributed by atoms with E-state index in [1.807, 2.05) is 18.2 Å². The van der Waals surface area contributed by atoms with Crippen LogP contribution in [0.15, 0.2) is 53.4 Å². The number of benzene rings is 2. The molecule has 156 valence electrons. The summed E-state index contributed by atoms with van der Waals surface area (Å²) < 4.78 is 42.9. The molecular formula is C21H26FN2O4S+. The van der Waals surface area contributed by atoms with E-state index in [1.165, 1.54) is 22.6 Å². The maximum atomic E-state index is 13.0. The van der Waals surface area contributed by atoms with Crippen molar-refractivity contribution < 1.29 is 27.2 Å². The summed E-state index contributed by atoms with van der Waals surface area (Å²) >= 11 is 0. The van der Waals surface area contributed by atoms with Gasteiger partial charge in [-0.25, -0.2) is 12.8 Å². The molecule has 3 rings (SSSR count). The highest BCUT2D eigenvalue weighted by molar-refractivity contribution is 7.91. The van der Waals surface area contributed by atoms with Gasteiger partial charge < -0.3 is 15.0 Å². The van der Waals surface area contributed by atoms with Crippen LogP contribution in [0.25, 0.3) is 0 Å². The number of morpholine rings is 1. The summed E-state index contributed by atoms with van der Waals surface area (Å²) in [6.45, 7) is 4.67. The molecule has 2 aromatic carbocycles. The first-order chi connectivity index (χ1) is 13.9. The average molecular weight is 422 g/mol. The van der Waals surface area contributed by atoms with Gasteiger partial charge in [-0.3, -0.25) is 4.79 Å². The second-order valence-electron chi connectivity index (χ2n) is 7.11. The smallest absolute Gasteiger partial charge is 0.221 e. The third-order valence-corrected chi connectivity index (χ3v) is 6.74. The molecule has 1 saturated heterocycles. The van der Waals surface area contributed by atoms with E-state index in [-0.39, 0.29) is 23.0 Å². The molecule has 0 atom stereocenters. The van der Waals surface area contributed by atoms with Crippen LogP contribution >= 0.6 is 0 Å². The fourth-order valence-corrected chi connectivity index (χ4v) is 4.52. The van der Waals surface area contributed by atoms with E-state index in [0.717, 1.165) is 50.5 Å². The van der Waals surface area contributed by atoms with Crippen LogP contribution in [0.1, 0.15) is 17.5 Å². The zero-order valence-corrected chi connectivity index (χ0v) is 17.0. The maximum absolute atomic E-state index is 13.0. The van der Waals surface area contributed by atoms with E-state index in [2.05, 4.69) is 11.4 Å². The van der Waals surface area contributed by atoms with Crippen LogP contribution in [-0.4, -0.2) is 46.4 Å². The predicted octanol–water partition coefficient (Wildman–Crippen LogP) is 0.721. The number of halogens is 1. The van der Waals surface area contributed by atoms with Crippen LogP contribution in [0.2, 0.25) is 0 Å². The van der Waals surface area contributed by atoms with Gasteiger partial charge in [0, 0.05) is 18.5 Å². The predicted molar refractivity (Wildman–Crippen MR) is 107 cm³/mol. The normalized spacial score (nSPS) is 15.2. The number of quaternary nitrogens is 1. The molecule has 1 fully saturated rings. The van der Waals surface area contributed by atoms with Gasteiger partial charge in [0.2, 0.25) is 5.91 Å². The highest BCUT2D eigenvalue weighted by Gasteiger charge is 2.18. The quantitative estimate of drug-likeness (QED) is 0.616. The second kappa shape index (κ2) is 9.96. The first-order valence-corrected chi connectivity index (χ1v) is 11.3. The third-order valence-electron chi connectivity index (χ3n) is 5.01. The Morgan fingerprint density at radius 3 is 2.38 bits per heavy atom. The minimum absolute atomic E-state index is 0.0190. The highest BCUT2D eigenvalue weighted by atomic mass is 32.2. The molecule has 2 N–H and O–H groups in total. The number of hydrogen-bond donors (Lipinski definition) is 2. The molecule has 1 aliphatic rings. The van der Waals surface area contributed by atoms with Crippen LogP contribution in [0.5, 0.6) is 0 Å². The molecule has 6 nitrogen and oxygen atoms in total. The van der Waals surface area contributed by atoms with Gasteiger partial charge >= 0.3 is 0 Å². The van der Waals surface area contributed by atoms with Gasteiger partial charge in [-0.2, -0.15) is 0 Å². The summed E-state index contributed by atoms with van der Waals surface area (Å²) in [4.78, 5) is 13.7. The van der Waals surface area contributed by atoms with Gasteiger partial charge in [0.25, 0.3) is 0 Å². The summed E-state index contributed by atoms with van der Waals surface area (Å²) in [7, 11) is -3.63. The lowest BCUT2D eigenvalue weighted by Crippen LogP contribution is -3.12. The van der Waals surface area contributed by atoms with E-state index in [0.29, 0.717) is 6.54 Å². The summed E-state index contributed by atoms with van der Waals surface area (Å²) in [5.74, 6) is -1.15. The first kappa shape index (κ1) is 21.4. The van der Waals surface area contributed by atoms with Crippen LogP contribution in [0.3, 0.4) is 0 Å². The van der Waals surface area contributed by atoms with Gasteiger partial charge in [0.1, 0.15) is 25.5 Å². The standard InChI is InChI=1S/C21H25FN2O4S/c22-19-5-7-20(8-6-19)29(26,27)14-9-21(25)23-15-17-3-1-2-4-18(17)16-24-10-12-28-13-11-24/h1-8H,9-16H2,(H,23,25)/p+1. The summed E-state index contributed by atoms with van der Waals surface area (Å²) in [6, 6.07) is 12.6. The number of sulfone groups is 1. The van der Waals surface area contributed by atoms with Gasteiger partial charge in [-0.15, -0.1) is 0 Å². The highest BCUT2D eigenvalue weighted by Crippen LogP contribution is 2.13. The zero-order chi connectivity index (χ0) is 20.7. The third kappa shape index (κ3) is 6.35. The monoisotopic (exact) mass is 421 g/mol. The Balaban J connectivity index is 1.52. The number of amides is 1. The lowest BCUT2D eigenvalue weighted by molar-refractivity contribution is -0.921. The lowest BCUT2D eigenvalue weighted by atomic mass is 10.1. The number of ether oxygens (including phenoxy) is 1. The number of carbonyl (C=O) groups excluding carboxylic acids is 1. The van der Waals surface area contributed by atoms with Crippen LogP contribution in [0, 0.1) is 5.82 Å². The molecule has 0 aromatic heterocycles. The molecule has 1 heterocycles. The molecule has 0 saturated carbocycles. The largest absolute Gasteiger partial charge is 0.370 e. The fraction of sp³-hybridized carbons (Fsp3) is 0.381. The van der Waals surface area contributed by atoms with Crippen molar-refractivity contribution in [2.75, 3.05) is 32.1 Å². The van der Waals surface area contributed by atoms with E-state index in [9.17, 15) is 17.6 Å². The molecule has 1 aliphatic heterocycles. The Kier molecular flexibility index (Phi) is 7.35. The molecule has 0 unspecified atom stereocenters. The molecule has 0 bridgehead atoms. The number of hydrogen-bond acceptors (Lipinski definition) is 4. The van der Waals surface area contributed by atoms with Crippen LogP contribution in [-0.2, 0) is 32.5 Å². The minimum atomic E-state index is -3.63. The molecule has 0 spiro atoms. The van der Waals surface area contributed by atoms with E-state index >= 15 is 0 Å². The molecule has 1 amide bonds. The number of rotatable bonds is 8. The summed E-state index contributed by atoms with van der Waals surface area (Å²) in [6.07, 6.45) is -0.142. The Morgan fingerprint density at radius 2 is 1.69 bits per heavy atom. The lowest BCUT2D eigenvalue weighted by Gasteiger charge is -2.24. The minimum Gasteiger partial charge on any atom is -0.370 e. The van der Waals surface area contributed by atoms with Crippen molar-refractivity contribution in [3.8, 4) is 0 Å². The average Bonchev–Trinajstić information content (AvgIpc) is 2.73. The maximum Gasteiger partial charge on any atom is 0.221 e. The van der Waals surface area contributed by atoms with Crippen LogP contribution in [0.4, 0.5) is 4.39 Å². The van der Waals surface area contributed by atoms with Gasteiger partial charge in [0.15, 0.2) is 9.84 Å². The topological polar surface area (TPSA) is 76.9 Å². The van der Waals surface area contributed by atoms with Gasteiger partial charge in [0.05, 0.1) is 23.9 Å². The molecule has 2 aromatic rings. The van der Waals surface area contributed by atoms with Crippen molar-refractivity contribution in [1.82, 2.24) is 5.32 Å².